The van der Waals surface area contributed by atoms with Crippen LogP contribution >= 0.6 is 0 Å². The molecule has 0 spiro atoms. The molecular formula is C16H22O2. The van der Waals surface area contributed by atoms with Crippen LogP contribution in [0.5, 0.6) is 0 Å². The van der Waals surface area contributed by atoms with Crippen molar-refractivity contribution >= 4 is 5.78 Å². The van der Waals surface area contributed by atoms with Crippen LogP contribution < -0.4 is 0 Å². The van der Waals surface area contributed by atoms with Crippen LogP contribution in [0.25, 0.3) is 0 Å². The lowest BCUT2D eigenvalue weighted by Crippen LogP contribution is -2.17. The molecule has 0 saturated carbocycles. The first-order chi connectivity index (χ1) is 8.56. The Morgan fingerprint density at radius 2 is 2.00 bits per heavy atom. The number of Topliss-reactive ketones (excluding diaryl/α,β-unsaturated/α-hetero) is 1. The molecule has 0 radical (unpaired) electrons. The predicted molar refractivity (Wildman–Crippen MR) is 72.8 cm³/mol. The molecule has 2 rings (SSSR count). The van der Waals surface area contributed by atoms with Crippen LogP contribution in [0.3, 0.4) is 0 Å². The van der Waals surface area contributed by atoms with Gasteiger partial charge in [0.2, 0.25) is 0 Å². The molecule has 0 bridgehead atoms. The van der Waals surface area contributed by atoms with Crippen LogP contribution in [0.2, 0.25) is 0 Å². The smallest absolute Gasteiger partial charge is 0.142 e. The van der Waals surface area contributed by atoms with Gasteiger partial charge in [0.05, 0.1) is 12.7 Å². The van der Waals surface area contributed by atoms with E-state index in [1.165, 1.54) is 5.56 Å². The average molecular weight is 246 g/mol. The lowest BCUT2D eigenvalue weighted by atomic mass is 9.94. The van der Waals surface area contributed by atoms with Gasteiger partial charge in [0.1, 0.15) is 5.78 Å². The van der Waals surface area contributed by atoms with Gasteiger partial charge in [0.25, 0.3) is 0 Å². The fraction of sp³-hybridized carbons (Fsp3) is 0.562. The highest BCUT2D eigenvalue weighted by Crippen LogP contribution is 2.22. The van der Waals surface area contributed by atoms with Crippen molar-refractivity contribution in [1.29, 1.82) is 0 Å². The molecule has 18 heavy (non-hydrogen) atoms. The molecule has 1 heterocycles. The summed E-state index contributed by atoms with van der Waals surface area (Å²) in [6.45, 7) is 6.99. The van der Waals surface area contributed by atoms with Crippen LogP contribution in [0.1, 0.15) is 44.2 Å². The van der Waals surface area contributed by atoms with Crippen molar-refractivity contribution in [3.8, 4) is 0 Å². The van der Waals surface area contributed by atoms with Gasteiger partial charge in [-0.05, 0) is 30.4 Å². The number of ether oxygens (including phenoxy) is 1. The van der Waals surface area contributed by atoms with Crippen molar-refractivity contribution in [2.75, 3.05) is 6.61 Å². The number of rotatable bonds is 4. The summed E-state index contributed by atoms with van der Waals surface area (Å²) in [5, 5.41) is 0. The van der Waals surface area contributed by atoms with Crippen molar-refractivity contribution in [1.82, 2.24) is 0 Å². The van der Waals surface area contributed by atoms with Crippen LogP contribution in [0, 0.1) is 5.92 Å². The van der Waals surface area contributed by atoms with Crippen molar-refractivity contribution in [2.45, 2.75) is 45.6 Å². The molecule has 1 aliphatic rings. The normalized spacial score (nSPS) is 23.6. The van der Waals surface area contributed by atoms with Crippen LogP contribution in [-0.4, -0.2) is 18.5 Å². The third-order valence-electron chi connectivity index (χ3n) is 3.68. The van der Waals surface area contributed by atoms with Gasteiger partial charge in [-0.25, -0.2) is 0 Å². The fourth-order valence-electron chi connectivity index (χ4n) is 2.41. The average Bonchev–Trinajstić information content (AvgIpc) is 2.76. The summed E-state index contributed by atoms with van der Waals surface area (Å²) >= 11 is 0. The predicted octanol–water partition coefficient (Wildman–Crippen LogP) is 3.35. The number of carbonyl (C=O) groups excluding carboxylic acids is 1. The van der Waals surface area contributed by atoms with Gasteiger partial charge in [0, 0.05) is 12.3 Å². The second-order valence-electron chi connectivity index (χ2n) is 5.62. The lowest BCUT2D eigenvalue weighted by molar-refractivity contribution is -0.122. The molecule has 1 aromatic rings. The van der Waals surface area contributed by atoms with Crippen molar-refractivity contribution in [3.05, 3.63) is 35.4 Å². The summed E-state index contributed by atoms with van der Waals surface area (Å²) in [5.41, 5.74) is 2.44. The molecule has 0 N–H and O–H groups in total. The minimum atomic E-state index is 0.102. The maximum atomic E-state index is 12.1. The van der Waals surface area contributed by atoms with E-state index in [4.69, 9.17) is 4.74 Å². The van der Waals surface area contributed by atoms with Gasteiger partial charge in [-0.2, -0.15) is 0 Å². The van der Waals surface area contributed by atoms with Crippen LogP contribution in [0.4, 0.5) is 0 Å². The number of hydrogen-bond acceptors (Lipinski definition) is 2. The summed E-state index contributed by atoms with van der Waals surface area (Å²) in [4.78, 5) is 12.1. The second kappa shape index (κ2) is 5.66. The number of carbonyl (C=O) groups is 1. The molecule has 98 valence electrons. The third kappa shape index (κ3) is 3.20. The molecule has 1 fully saturated rings. The minimum Gasteiger partial charge on any atom is -0.378 e. The lowest BCUT2D eigenvalue weighted by Gasteiger charge is -2.09. The van der Waals surface area contributed by atoms with E-state index >= 15 is 0 Å². The maximum Gasteiger partial charge on any atom is 0.142 e. The topological polar surface area (TPSA) is 26.3 Å². The summed E-state index contributed by atoms with van der Waals surface area (Å²) in [6.07, 6.45) is 1.66. The van der Waals surface area contributed by atoms with Gasteiger partial charge in [-0.3, -0.25) is 4.79 Å². The van der Waals surface area contributed by atoms with E-state index in [2.05, 4.69) is 38.1 Å². The standard InChI is InChI=1S/C16H22O2/c1-11(2)14-6-4-13(5-7-14)9-16(17)15-8-12(3)18-10-15/h4-7,11-12,15H,8-10H2,1-3H3. The Bertz CT molecular complexity index is 406. The Labute approximate surface area is 109 Å². The van der Waals surface area contributed by atoms with E-state index in [0.717, 1.165) is 12.0 Å². The monoisotopic (exact) mass is 246 g/mol. The molecule has 2 nitrogen and oxygen atoms in total. The Morgan fingerprint density at radius 1 is 1.33 bits per heavy atom. The van der Waals surface area contributed by atoms with E-state index in [9.17, 15) is 4.79 Å². The van der Waals surface area contributed by atoms with E-state index in [1.807, 2.05) is 6.92 Å². The van der Waals surface area contributed by atoms with Gasteiger partial charge in [0.15, 0.2) is 0 Å². The zero-order chi connectivity index (χ0) is 13.1. The molecular weight excluding hydrogens is 224 g/mol. The molecule has 1 aromatic carbocycles. The van der Waals surface area contributed by atoms with Crippen molar-refractivity contribution in [3.63, 3.8) is 0 Å². The molecule has 1 saturated heterocycles. The summed E-state index contributed by atoms with van der Waals surface area (Å²) in [6, 6.07) is 8.40. The Kier molecular flexibility index (Phi) is 4.18. The first kappa shape index (κ1) is 13.3. The Morgan fingerprint density at radius 3 is 2.50 bits per heavy atom. The van der Waals surface area contributed by atoms with Crippen LogP contribution in [0.15, 0.2) is 24.3 Å². The Hall–Kier alpha value is -1.15. The van der Waals surface area contributed by atoms with E-state index in [0.29, 0.717) is 24.7 Å². The van der Waals surface area contributed by atoms with E-state index < -0.39 is 0 Å². The van der Waals surface area contributed by atoms with Crippen molar-refractivity contribution < 1.29 is 9.53 Å². The third-order valence-corrected chi connectivity index (χ3v) is 3.68. The highest BCUT2D eigenvalue weighted by Gasteiger charge is 2.27. The van der Waals surface area contributed by atoms with Gasteiger partial charge in [-0.1, -0.05) is 38.1 Å². The number of ketones is 1. The highest BCUT2D eigenvalue weighted by atomic mass is 16.5. The quantitative estimate of drug-likeness (QED) is 0.814. The van der Waals surface area contributed by atoms with E-state index in [-0.39, 0.29) is 12.0 Å². The maximum absolute atomic E-state index is 12.1. The molecule has 0 aliphatic carbocycles. The molecule has 2 unspecified atom stereocenters. The van der Waals surface area contributed by atoms with Crippen LogP contribution in [-0.2, 0) is 16.0 Å². The largest absolute Gasteiger partial charge is 0.378 e. The second-order valence-corrected chi connectivity index (χ2v) is 5.62. The molecule has 1 aliphatic heterocycles. The number of benzene rings is 1. The van der Waals surface area contributed by atoms with Crippen molar-refractivity contribution in [2.24, 2.45) is 5.92 Å². The zero-order valence-corrected chi connectivity index (χ0v) is 11.5. The first-order valence-electron chi connectivity index (χ1n) is 6.79. The summed E-state index contributed by atoms with van der Waals surface area (Å²) < 4.78 is 5.45. The summed E-state index contributed by atoms with van der Waals surface area (Å²) in [5.74, 6) is 0.959. The van der Waals surface area contributed by atoms with Gasteiger partial charge < -0.3 is 4.74 Å². The molecule has 0 aromatic heterocycles. The zero-order valence-electron chi connectivity index (χ0n) is 11.5. The fourth-order valence-corrected chi connectivity index (χ4v) is 2.41. The Balaban J connectivity index is 1.95. The molecule has 2 atom stereocenters. The van der Waals surface area contributed by atoms with Gasteiger partial charge >= 0.3 is 0 Å². The summed E-state index contributed by atoms with van der Waals surface area (Å²) in [7, 11) is 0. The molecule has 0 amide bonds. The highest BCUT2D eigenvalue weighted by molar-refractivity contribution is 5.83. The van der Waals surface area contributed by atoms with Gasteiger partial charge in [-0.15, -0.1) is 0 Å². The number of hydrogen-bond donors (Lipinski definition) is 0. The SMILES string of the molecule is CC1CC(C(=O)Cc2ccc(C(C)C)cc2)CO1. The molecule has 2 heteroatoms. The minimum absolute atomic E-state index is 0.102. The van der Waals surface area contributed by atoms with E-state index in [1.54, 1.807) is 0 Å². The first-order valence-corrected chi connectivity index (χ1v) is 6.79.